The molecule has 1 aromatic heterocycles. The lowest BCUT2D eigenvalue weighted by molar-refractivity contribution is 0.604. The molecule has 0 aliphatic rings. The van der Waals surface area contributed by atoms with Crippen molar-refractivity contribution in [3.63, 3.8) is 0 Å². The summed E-state index contributed by atoms with van der Waals surface area (Å²) >= 11 is 5.83. The van der Waals surface area contributed by atoms with E-state index in [2.05, 4.69) is 24.0 Å². The highest BCUT2D eigenvalue weighted by Crippen LogP contribution is 2.21. The lowest BCUT2D eigenvalue weighted by Crippen LogP contribution is -2.01. The molecule has 1 heterocycles. The smallest absolute Gasteiger partial charge is 0.163 e. The third kappa shape index (κ3) is 2.02. The summed E-state index contributed by atoms with van der Waals surface area (Å²) in [6.45, 7) is 4.20. The number of rotatable bonds is 2. The molecule has 0 N–H and O–H groups in total. The van der Waals surface area contributed by atoms with Gasteiger partial charge in [0, 0.05) is 16.6 Å². The molecule has 2 rings (SSSR count). The number of benzene rings is 1. The van der Waals surface area contributed by atoms with Crippen LogP contribution in [-0.4, -0.2) is 14.8 Å². The first-order chi connectivity index (χ1) is 7.18. The first kappa shape index (κ1) is 10.2. The van der Waals surface area contributed by atoms with Gasteiger partial charge in [-0.05, 0) is 38.1 Å². The summed E-state index contributed by atoms with van der Waals surface area (Å²) in [6.07, 6.45) is 1.74. The van der Waals surface area contributed by atoms with Crippen molar-refractivity contribution in [1.82, 2.24) is 14.8 Å². The summed E-state index contributed by atoms with van der Waals surface area (Å²) in [4.78, 5) is 0. The molecule has 0 unspecified atom stereocenters. The van der Waals surface area contributed by atoms with Gasteiger partial charge in [-0.15, -0.1) is 10.2 Å². The lowest BCUT2D eigenvalue weighted by Gasteiger charge is -2.09. The molecule has 78 valence electrons. The van der Waals surface area contributed by atoms with E-state index in [1.54, 1.807) is 6.33 Å². The molecule has 0 aliphatic carbocycles. The maximum absolute atomic E-state index is 5.83. The Balaban J connectivity index is 2.45. The Morgan fingerprint density at radius 2 is 1.87 bits per heavy atom. The van der Waals surface area contributed by atoms with Gasteiger partial charge in [-0.3, -0.25) is 0 Å². The predicted octanol–water partition coefficient (Wildman–Crippen LogP) is 3.18. The zero-order valence-corrected chi connectivity index (χ0v) is 9.44. The van der Waals surface area contributed by atoms with E-state index in [0.29, 0.717) is 6.04 Å². The fourth-order valence-electron chi connectivity index (χ4n) is 1.43. The normalized spacial score (nSPS) is 10.9. The summed E-state index contributed by atoms with van der Waals surface area (Å²) in [5.74, 6) is 0.877. The van der Waals surface area contributed by atoms with E-state index in [1.165, 1.54) is 0 Å². The van der Waals surface area contributed by atoms with Crippen LogP contribution < -0.4 is 0 Å². The number of nitrogens with zero attached hydrogens (tertiary/aromatic N) is 3. The molecule has 2 aromatic rings. The maximum Gasteiger partial charge on any atom is 0.163 e. The molecule has 0 fully saturated rings. The molecule has 15 heavy (non-hydrogen) atoms. The van der Waals surface area contributed by atoms with Crippen molar-refractivity contribution >= 4 is 11.6 Å². The Labute approximate surface area is 93.7 Å². The van der Waals surface area contributed by atoms with Gasteiger partial charge in [0.15, 0.2) is 5.82 Å². The summed E-state index contributed by atoms with van der Waals surface area (Å²) in [5.41, 5.74) is 1.03. The molecular formula is C11H12ClN3. The number of aromatic nitrogens is 3. The molecule has 3 nitrogen and oxygen atoms in total. The Bertz CT molecular complexity index is 445. The fraction of sp³-hybridized carbons (Fsp3) is 0.273. The Morgan fingerprint density at radius 1 is 1.20 bits per heavy atom. The SMILES string of the molecule is CC(C)n1cnnc1-c1ccc(Cl)cc1. The Morgan fingerprint density at radius 3 is 2.47 bits per heavy atom. The number of hydrogen-bond acceptors (Lipinski definition) is 2. The van der Waals surface area contributed by atoms with Crippen LogP contribution in [-0.2, 0) is 0 Å². The van der Waals surface area contributed by atoms with E-state index < -0.39 is 0 Å². The van der Waals surface area contributed by atoms with E-state index >= 15 is 0 Å². The lowest BCUT2D eigenvalue weighted by atomic mass is 10.2. The predicted molar refractivity (Wildman–Crippen MR) is 60.9 cm³/mol. The number of halogens is 1. The minimum absolute atomic E-state index is 0.352. The van der Waals surface area contributed by atoms with Crippen LogP contribution in [0.2, 0.25) is 5.02 Å². The van der Waals surface area contributed by atoms with Crippen LogP contribution in [0.15, 0.2) is 30.6 Å². The zero-order chi connectivity index (χ0) is 10.8. The quantitative estimate of drug-likeness (QED) is 0.780. The third-order valence-electron chi connectivity index (χ3n) is 2.23. The molecule has 0 spiro atoms. The number of hydrogen-bond donors (Lipinski definition) is 0. The van der Waals surface area contributed by atoms with Crippen molar-refractivity contribution in [3.05, 3.63) is 35.6 Å². The van der Waals surface area contributed by atoms with Crippen LogP contribution in [0.25, 0.3) is 11.4 Å². The summed E-state index contributed by atoms with van der Waals surface area (Å²) in [6, 6.07) is 7.97. The molecule has 0 aliphatic heterocycles. The van der Waals surface area contributed by atoms with E-state index in [-0.39, 0.29) is 0 Å². The first-order valence-electron chi connectivity index (χ1n) is 4.84. The van der Waals surface area contributed by atoms with Crippen molar-refractivity contribution in [3.8, 4) is 11.4 Å². The van der Waals surface area contributed by atoms with Crippen molar-refractivity contribution < 1.29 is 0 Å². The van der Waals surface area contributed by atoms with E-state index in [9.17, 15) is 0 Å². The van der Waals surface area contributed by atoms with Gasteiger partial charge in [-0.1, -0.05) is 11.6 Å². The molecule has 4 heteroatoms. The highest BCUT2D eigenvalue weighted by Gasteiger charge is 2.08. The van der Waals surface area contributed by atoms with Crippen LogP contribution in [0.3, 0.4) is 0 Å². The van der Waals surface area contributed by atoms with Crippen LogP contribution in [0.1, 0.15) is 19.9 Å². The molecule has 0 amide bonds. The highest BCUT2D eigenvalue weighted by atomic mass is 35.5. The van der Waals surface area contributed by atoms with Crippen LogP contribution in [0.5, 0.6) is 0 Å². The minimum atomic E-state index is 0.352. The van der Waals surface area contributed by atoms with Crippen molar-refractivity contribution in [1.29, 1.82) is 0 Å². The van der Waals surface area contributed by atoms with Crippen LogP contribution in [0.4, 0.5) is 0 Å². The molecule has 0 saturated carbocycles. The minimum Gasteiger partial charge on any atom is -0.311 e. The molecule has 1 aromatic carbocycles. The van der Waals surface area contributed by atoms with Crippen LogP contribution >= 0.6 is 11.6 Å². The van der Waals surface area contributed by atoms with Gasteiger partial charge < -0.3 is 4.57 Å². The summed E-state index contributed by atoms with van der Waals surface area (Å²) in [7, 11) is 0. The van der Waals surface area contributed by atoms with E-state index in [0.717, 1.165) is 16.4 Å². The zero-order valence-electron chi connectivity index (χ0n) is 8.68. The maximum atomic E-state index is 5.83. The first-order valence-corrected chi connectivity index (χ1v) is 5.21. The van der Waals surface area contributed by atoms with Gasteiger partial charge in [0.25, 0.3) is 0 Å². The van der Waals surface area contributed by atoms with Crippen molar-refractivity contribution in [2.75, 3.05) is 0 Å². The summed E-state index contributed by atoms with van der Waals surface area (Å²) < 4.78 is 2.03. The monoisotopic (exact) mass is 221 g/mol. The second-order valence-electron chi connectivity index (χ2n) is 3.66. The molecule has 0 radical (unpaired) electrons. The fourth-order valence-corrected chi connectivity index (χ4v) is 1.55. The highest BCUT2D eigenvalue weighted by molar-refractivity contribution is 6.30. The van der Waals surface area contributed by atoms with Gasteiger partial charge in [0.2, 0.25) is 0 Å². The van der Waals surface area contributed by atoms with Gasteiger partial charge in [0.05, 0.1) is 0 Å². The Hall–Kier alpha value is -1.35. The largest absolute Gasteiger partial charge is 0.311 e. The molecule has 0 saturated heterocycles. The standard InChI is InChI=1S/C11H12ClN3/c1-8(2)15-7-13-14-11(15)9-3-5-10(12)6-4-9/h3-8H,1-2H3. The third-order valence-corrected chi connectivity index (χ3v) is 2.48. The van der Waals surface area contributed by atoms with E-state index in [4.69, 9.17) is 11.6 Å². The second kappa shape index (κ2) is 4.03. The van der Waals surface area contributed by atoms with Gasteiger partial charge in [-0.25, -0.2) is 0 Å². The van der Waals surface area contributed by atoms with Gasteiger partial charge >= 0.3 is 0 Å². The molecular weight excluding hydrogens is 210 g/mol. The topological polar surface area (TPSA) is 30.7 Å². The second-order valence-corrected chi connectivity index (χ2v) is 4.10. The van der Waals surface area contributed by atoms with Gasteiger partial charge in [-0.2, -0.15) is 0 Å². The Kier molecular flexibility index (Phi) is 2.73. The van der Waals surface area contributed by atoms with Crippen LogP contribution in [0, 0.1) is 0 Å². The molecule has 0 bridgehead atoms. The average molecular weight is 222 g/mol. The molecule has 0 atom stereocenters. The van der Waals surface area contributed by atoms with Crippen molar-refractivity contribution in [2.24, 2.45) is 0 Å². The van der Waals surface area contributed by atoms with Gasteiger partial charge in [0.1, 0.15) is 6.33 Å². The average Bonchev–Trinajstić information content (AvgIpc) is 2.67. The van der Waals surface area contributed by atoms with Crippen molar-refractivity contribution in [2.45, 2.75) is 19.9 Å². The summed E-state index contributed by atoms with van der Waals surface area (Å²) in [5, 5.41) is 8.76. The van der Waals surface area contributed by atoms with E-state index in [1.807, 2.05) is 28.8 Å².